The highest BCUT2D eigenvalue weighted by Gasteiger charge is 2.34. The molecule has 22 heavy (non-hydrogen) atoms. The summed E-state index contributed by atoms with van der Waals surface area (Å²) >= 11 is 0. The number of benzene rings is 1. The smallest absolute Gasteiger partial charge is 0.389 e. The normalized spacial score (nSPS) is 16.1. The zero-order valence-electron chi connectivity index (χ0n) is 11.9. The van der Waals surface area contributed by atoms with Crippen molar-refractivity contribution in [3.8, 4) is 6.07 Å². The largest absolute Gasteiger partial charge is 0.418 e. The lowest BCUT2D eigenvalue weighted by atomic mass is 10.1. The Morgan fingerprint density at radius 2 is 2.14 bits per heavy atom. The third kappa shape index (κ3) is 4.90. The van der Waals surface area contributed by atoms with Gasteiger partial charge in [-0.1, -0.05) is 0 Å². The molecule has 120 valence electrons. The molecule has 0 spiro atoms. The summed E-state index contributed by atoms with van der Waals surface area (Å²) in [5.74, 6) is 0.565. The van der Waals surface area contributed by atoms with Crippen LogP contribution in [0.15, 0.2) is 18.2 Å². The fraction of sp³-hybridized carbons (Fsp3) is 0.533. The van der Waals surface area contributed by atoms with E-state index in [2.05, 4.69) is 5.32 Å². The van der Waals surface area contributed by atoms with Crippen molar-refractivity contribution in [1.29, 1.82) is 5.26 Å². The zero-order valence-corrected chi connectivity index (χ0v) is 11.9. The van der Waals surface area contributed by atoms with Crippen molar-refractivity contribution >= 4 is 5.69 Å². The number of nitrogens with one attached hydrogen (secondary N) is 1. The number of hydrogen-bond donors (Lipinski definition) is 2. The van der Waals surface area contributed by atoms with Gasteiger partial charge in [-0.3, -0.25) is 0 Å². The molecule has 1 saturated carbocycles. The van der Waals surface area contributed by atoms with Crippen LogP contribution in [0.25, 0.3) is 0 Å². The lowest BCUT2D eigenvalue weighted by Gasteiger charge is -2.17. The molecule has 1 fully saturated rings. The van der Waals surface area contributed by atoms with E-state index in [0.717, 1.165) is 18.9 Å². The first kappa shape index (κ1) is 16.6. The highest BCUT2D eigenvalue weighted by atomic mass is 19.4. The Bertz CT molecular complexity index is 551. The van der Waals surface area contributed by atoms with E-state index in [4.69, 9.17) is 10.00 Å². The van der Waals surface area contributed by atoms with Crippen molar-refractivity contribution < 1.29 is 23.0 Å². The van der Waals surface area contributed by atoms with Crippen LogP contribution in [0.3, 0.4) is 0 Å². The molecule has 0 radical (unpaired) electrons. The Kier molecular flexibility index (Phi) is 5.27. The molecule has 1 aliphatic carbocycles. The molecule has 1 aromatic carbocycles. The Balaban J connectivity index is 1.91. The highest BCUT2D eigenvalue weighted by Crippen LogP contribution is 2.35. The lowest BCUT2D eigenvalue weighted by molar-refractivity contribution is -0.137. The van der Waals surface area contributed by atoms with Crippen LogP contribution < -0.4 is 5.32 Å². The molecule has 0 unspecified atom stereocenters. The van der Waals surface area contributed by atoms with Crippen molar-refractivity contribution in [2.24, 2.45) is 5.92 Å². The summed E-state index contributed by atoms with van der Waals surface area (Å²) in [6.45, 7) is 0.614. The molecule has 1 aromatic rings. The van der Waals surface area contributed by atoms with Crippen molar-refractivity contribution in [2.45, 2.75) is 25.1 Å². The van der Waals surface area contributed by atoms with Crippen LogP contribution in [0.4, 0.5) is 18.9 Å². The second-order valence-corrected chi connectivity index (χ2v) is 5.39. The maximum Gasteiger partial charge on any atom is 0.418 e. The zero-order chi connectivity index (χ0) is 16.2. The number of halogens is 3. The fourth-order valence-corrected chi connectivity index (χ4v) is 1.94. The van der Waals surface area contributed by atoms with E-state index in [0.29, 0.717) is 12.5 Å². The van der Waals surface area contributed by atoms with Crippen LogP contribution in [0.2, 0.25) is 0 Å². The third-order valence-electron chi connectivity index (χ3n) is 3.34. The number of alkyl halides is 3. The fourth-order valence-electron chi connectivity index (χ4n) is 1.94. The number of nitriles is 1. The summed E-state index contributed by atoms with van der Waals surface area (Å²) in [5, 5.41) is 21.0. The van der Waals surface area contributed by atoms with Gasteiger partial charge in [0.15, 0.2) is 0 Å². The van der Waals surface area contributed by atoms with Crippen LogP contribution in [0, 0.1) is 17.2 Å². The van der Waals surface area contributed by atoms with E-state index in [1.807, 2.05) is 0 Å². The van der Waals surface area contributed by atoms with E-state index in [1.54, 1.807) is 6.07 Å². The molecule has 1 atom stereocenters. The van der Waals surface area contributed by atoms with Gasteiger partial charge < -0.3 is 15.2 Å². The van der Waals surface area contributed by atoms with Gasteiger partial charge in [-0.2, -0.15) is 18.4 Å². The number of rotatable bonds is 7. The van der Waals surface area contributed by atoms with Gasteiger partial charge in [-0.05, 0) is 37.0 Å². The van der Waals surface area contributed by atoms with Gasteiger partial charge in [-0.25, -0.2) is 0 Å². The van der Waals surface area contributed by atoms with E-state index in [1.165, 1.54) is 12.1 Å². The predicted octanol–water partition coefficient (Wildman–Crippen LogP) is 2.78. The first-order valence-electron chi connectivity index (χ1n) is 7.01. The minimum Gasteiger partial charge on any atom is -0.389 e. The topological polar surface area (TPSA) is 65.3 Å². The molecule has 0 saturated heterocycles. The summed E-state index contributed by atoms with van der Waals surface area (Å²) in [4.78, 5) is 0. The van der Waals surface area contributed by atoms with Crippen molar-refractivity contribution in [3.63, 3.8) is 0 Å². The lowest BCUT2D eigenvalue weighted by Crippen LogP contribution is -2.26. The number of anilines is 1. The monoisotopic (exact) mass is 314 g/mol. The Labute approximate surface area is 126 Å². The van der Waals surface area contributed by atoms with Gasteiger partial charge in [0.25, 0.3) is 0 Å². The molecule has 2 rings (SSSR count). The molecule has 2 N–H and O–H groups in total. The van der Waals surface area contributed by atoms with Gasteiger partial charge in [0.1, 0.15) is 0 Å². The highest BCUT2D eigenvalue weighted by molar-refractivity contribution is 5.56. The maximum atomic E-state index is 13.0. The minimum atomic E-state index is -4.57. The standard InChI is InChI=1S/C15H17F3N2O2/c16-15(17,18)13-5-11(6-19)3-4-14(13)20-7-12(21)9-22-8-10-1-2-10/h3-5,10,12,20-21H,1-2,7-9H2/t12-/m1/s1. The summed E-state index contributed by atoms with van der Waals surface area (Å²) < 4.78 is 44.1. The number of aliphatic hydroxyl groups is 1. The van der Waals surface area contributed by atoms with E-state index >= 15 is 0 Å². The van der Waals surface area contributed by atoms with E-state index in [-0.39, 0.29) is 24.4 Å². The van der Waals surface area contributed by atoms with Gasteiger partial charge >= 0.3 is 6.18 Å². The van der Waals surface area contributed by atoms with Gasteiger partial charge in [0.2, 0.25) is 0 Å². The second-order valence-electron chi connectivity index (χ2n) is 5.39. The third-order valence-corrected chi connectivity index (χ3v) is 3.34. The summed E-state index contributed by atoms with van der Waals surface area (Å²) in [5.41, 5.74) is -1.14. The second kappa shape index (κ2) is 6.99. The Hall–Kier alpha value is -1.78. The van der Waals surface area contributed by atoms with Gasteiger partial charge in [0, 0.05) is 18.8 Å². The Morgan fingerprint density at radius 1 is 1.41 bits per heavy atom. The Morgan fingerprint density at radius 3 is 2.73 bits per heavy atom. The first-order valence-corrected chi connectivity index (χ1v) is 7.01. The predicted molar refractivity (Wildman–Crippen MR) is 74.2 cm³/mol. The van der Waals surface area contributed by atoms with Gasteiger partial charge in [0.05, 0.1) is 29.9 Å². The molecule has 0 aliphatic heterocycles. The molecule has 0 bridgehead atoms. The molecule has 0 amide bonds. The molecule has 0 aromatic heterocycles. The van der Waals surface area contributed by atoms with Gasteiger partial charge in [-0.15, -0.1) is 0 Å². The van der Waals surface area contributed by atoms with Crippen molar-refractivity contribution in [2.75, 3.05) is 25.1 Å². The first-order chi connectivity index (χ1) is 10.4. The van der Waals surface area contributed by atoms with Crippen molar-refractivity contribution in [3.05, 3.63) is 29.3 Å². The molecular weight excluding hydrogens is 297 g/mol. The molecule has 1 aliphatic rings. The number of nitrogens with zero attached hydrogens (tertiary/aromatic N) is 1. The van der Waals surface area contributed by atoms with Crippen LogP contribution in [-0.4, -0.2) is 31.0 Å². The average Bonchev–Trinajstić information content (AvgIpc) is 3.28. The van der Waals surface area contributed by atoms with Crippen LogP contribution in [-0.2, 0) is 10.9 Å². The summed E-state index contributed by atoms with van der Waals surface area (Å²) in [7, 11) is 0. The van der Waals surface area contributed by atoms with E-state index in [9.17, 15) is 18.3 Å². The molecule has 7 heteroatoms. The summed E-state index contributed by atoms with van der Waals surface area (Å²) in [6.07, 6.45) is -3.19. The summed E-state index contributed by atoms with van der Waals surface area (Å²) in [6, 6.07) is 4.96. The number of aliphatic hydroxyl groups excluding tert-OH is 1. The molecule has 4 nitrogen and oxygen atoms in total. The molecular formula is C15H17F3N2O2. The van der Waals surface area contributed by atoms with Crippen LogP contribution in [0.1, 0.15) is 24.0 Å². The number of ether oxygens (including phenoxy) is 1. The number of hydrogen-bond acceptors (Lipinski definition) is 4. The maximum absolute atomic E-state index is 13.0. The molecule has 0 heterocycles. The van der Waals surface area contributed by atoms with Crippen molar-refractivity contribution in [1.82, 2.24) is 0 Å². The quantitative estimate of drug-likeness (QED) is 0.812. The average molecular weight is 314 g/mol. The van der Waals surface area contributed by atoms with Crippen LogP contribution in [0.5, 0.6) is 0 Å². The minimum absolute atomic E-state index is 0.0559. The van der Waals surface area contributed by atoms with E-state index < -0.39 is 17.8 Å². The van der Waals surface area contributed by atoms with Crippen LogP contribution >= 0.6 is 0 Å². The SMILES string of the molecule is N#Cc1ccc(NC[C@@H](O)COCC2CC2)c(C(F)(F)F)c1.